The van der Waals surface area contributed by atoms with Crippen LogP contribution in [0.4, 0.5) is 13.2 Å². The molecule has 0 saturated carbocycles. The number of alkyl halides is 3. The minimum atomic E-state index is -4.75. The smallest absolute Gasteiger partial charge is 0.404 e. The summed E-state index contributed by atoms with van der Waals surface area (Å²) in [5.74, 6) is -0.929. The topological polar surface area (TPSA) is 30.9 Å². The van der Waals surface area contributed by atoms with E-state index >= 15 is 0 Å². The minimum absolute atomic E-state index is 0.0540. The van der Waals surface area contributed by atoms with Gasteiger partial charge in [-0.15, -0.1) is 13.2 Å². The fraction of sp³-hybridized carbons (Fsp3) is 0.625. The van der Waals surface area contributed by atoms with Crippen molar-refractivity contribution in [2.75, 3.05) is 26.3 Å². The second kappa shape index (κ2) is 7.07. The maximum absolute atomic E-state index is 12.3. The highest BCUT2D eigenvalue weighted by molar-refractivity contribution is 6.32. The summed E-state index contributed by atoms with van der Waals surface area (Å²) in [7, 11) is 0. The van der Waals surface area contributed by atoms with Crippen LogP contribution in [-0.2, 0) is 16.0 Å². The fourth-order valence-corrected chi connectivity index (χ4v) is 3.38. The molecule has 1 atom stereocenters. The Balaban J connectivity index is 1.64. The Hall–Kier alpha value is -1.02. The van der Waals surface area contributed by atoms with Gasteiger partial charge >= 0.3 is 6.36 Å². The summed E-state index contributed by atoms with van der Waals surface area (Å²) in [5.41, 5.74) is 0.822. The first-order chi connectivity index (χ1) is 11.4. The summed E-state index contributed by atoms with van der Waals surface area (Å²) < 4.78 is 52.4. The molecular weight excluding hydrogens is 347 g/mol. The molecule has 0 amide bonds. The average molecular weight is 366 g/mol. The second-order valence-corrected chi connectivity index (χ2v) is 6.50. The van der Waals surface area contributed by atoms with E-state index in [0.717, 1.165) is 31.4 Å². The molecule has 0 aliphatic carbocycles. The SMILES string of the molecule is FC(F)(F)Oc1ccc(CN2CCOC3(CCCCO3)C2)cc1Cl. The van der Waals surface area contributed by atoms with Crippen molar-refractivity contribution in [2.45, 2.75) is 38.0 Å². The van der Waals surface area contributed by atoms with E-state index in [1.54, 1.807) is 6.07 Å². The zero-order valence-electron chi connectivity index (χ0n) is 13.1. The fourth-order valence-electron chi connectivity index (χ4n) is 3.13. The second-order valence-electron chi connectivity index (χ2n) is 6.09. The molecule has 2 aliphatic heterocycles. The van der Waals surface area contributed by atoms with Gasteiger partial charge in [-0.25, -0.2) is 0 Å². The minimum Gasteiger partial charge on any atom is -0.404 e. The van der Waals surface area contributed by atoms with Gasteiger partial charge in [0.2, 0.25) is 0 Å². The van der Waals surface area contributed by atoms with Crippen LogP contribution >= 0.6 is 11.6 Å². The molecule has 1 aromatic rings. The Morgan fingerprint density at radius 3 is 2.67 bits per heavy atom. The average Bonchev–Trinajstić information content (AvgIpc) is 2.50. The molecule has 4 nitrogen and oxygen atoms in total. The Morgan fingerprint density at radius 2 is 2.00 bits per heavy atom. The lowest BCUT2D eigenvalue weighted by atomic mass is 10.0. The molecule has 2 aliphatic rings. The van der Waals surface area contributed by atoms with Gasteiger partial charge in [0.05, 0.1) is 24.8 Å². The number of hydrogen-bond donors (Lipinski definition) is 0. The first kappa shape index (κ1) is 17.8. The monoisotopic (exact) mass is 365 g/mol. The Labute approximate surface area is 143 Å². The molecule has 134 valence electrons. The highest BCUT2D eigenvalue weighted by Gasteiger charge is 2.39. The standard InChI is InChI=1S/C16H19ClF3NO3/c17-13-9-12(3-4-14(13)24-16(18,19)20)10-21-6-8-23-15(11-21)5-1-2-7-22-15/h3-4,9H,1-2,5-8,10-11H2. The van der Waals surface area contributed by atoms with Crippen LogP contribution in [0.15, 0.2) is 18.2 Å². The van der Waals surface area contributed by atoms with Crippen molar-refractivity contribution in [3.8, 4) is 5.75 Å². The lowest BCUT2D eigenvalue weighted by Crippen LogP contribution is -2.54. The molecule has 2 saturated heterocycles. The van der Waals surface area contributed by atoms with Crippen LogP contribution in [0.25, 0.3) is 0 Å². The van der Waals surface area contributed by atoms with E-state index in [2.05, 4.69) is 9.64 Å². The molecule has 1 aromatic carbocycles. The summed E-state index contributed by atoms with van der Waals surface area (Å²) >= 11 is 5.90. The van der Waals surface area contributed by atoms with E-state index in [4.69, 9.17) is 21.1 Å². The van der Waals surface area contributed by atoms with Gasteiger partial charge in [0.25, 0.3) is 0 Å². The summed E-state index contributed by atoms with van der Waals surface area (Å²) in [6, 6.07) is 4.35. The van der Waals surface area contributed by atoms with Crippen molar-refractivity contribution in [3.63, 3.8) is 0 Å². The molecule has 1 spiro atoms. The largest absolute Gasteiger partial charge is 0.573 e. The molecule has 0 radical (unpaired) electrons. The maximum atomic E-state index is 12.3. The van der Waals surface area contributed by atoms with Crippen molar-refractivity contribution in [1.82, 2.24) is 4.90 Å². The molecule has 0 bridgehead atoms. The van der Waals surface area contributed by atoms with E-state index in [1.807, 2.05) is 0 Å². The number of benzene rings is 1. The van der Waals surface area contributed by atoms with Gasteiger partial charge in [-0.05, 0) is 30.5 Å². The van der Waals surface area contributed by atoms with Crippen LogP contribution in [0.3, 0.4) is 0 Å². The van der Waals surface area contributed by atoms with Crippen LogP contribution in [0.1, 0.15) is 24.8 Å². The third kappa shape index (κ3) is 4.53. The van der Waals surface area contributed by atoms with Crippen LogP contribution < -0.4 is 4.74 Å². The van der Waals surface area contributed by atoms with Crippen molar-refractivity contribution in [3.05, 3.63) is 28.8 Å². The van der Waals surface area contributed by atoms with Gasteiger partial charge in [-0.2, -0.15) is 0 Å². The van der Waals surface area contributed by atoms with Gasteiger partial charge in [0.15, 0.2) is 5.79 Å². The zero-order valence-corrected chi connectivity index (χ0v) is 13.8. The van der Waals surface area contributed by atoms with Crippen molar-refractivity contribution in [2.24, 2.45) is 0 Å². The maximum Gasteiger partial charge on any atom is 0.573 e. The van der Waals surface area contributed by atoms with E-state index in [9.17, 15) is 13.2 Å². The predicted molar refractivity (Wildman–Crippen MR) is 81.9 cm³/mol. The molecule has 0 N–H and O–H groups in total. The highest BCUT2D eigenvalue weighted by Crippen LogP contribution is 2.33. The molecule has 0 aromatic heterocycles. The highest BCUT2D eigenvalue weighted by atomic mass is 35.5. The Morgan fingerprint density at radius 1 is 1.21 bits per heavy atom. The first-order valence-corrected chi connectivity index (χ1v) is 8.28. The number of ether oxygens (including phenoxy) is 3. The first-order valence-electron chi connectivity index (χ1n) is 7.90. The number of hydrogen-bond acceptors (Lipinski definition) is 4. The predicted octanol–water partition coefficient (Wildman–Crippen LogP) is 3.97. The van der Waals surface area contributed by atoms with Crippen molar-refractivity contribution >= 4 is 11.6 Å². The zero-order chi connectivity index (χ0) is 17.2. The third-order valence-electron chi connectivity index (χ3n) is 4.18. The number of morpholine rings is 1. The number of nitrogens with zero attached hydrogens (tertiary/aromatic N) is 1. The van der Waals surface area contributed by atoms with Gasteiger partial charge in [-0.1, -0.05) is 17.7 Å². The van der Waals surface area contributed by atoms with Crippen LogP contribution in [-0.4, -0.2) is 43.4 Å². The lowest BCUT2D eigenvalue weighted by Gasteiger charge is -2.44. The lowest BCUT2D eigenvalue weighted by molar-refractivity contribution is -0.283. The summed E-state index contributed by atoms with van der Waals surface area (Å²) in [5, 5.41) is -0.0540. The van der Waals surface area contributed by atoms with Crippen LogP contribution in [0, 0.1) is 0 Å². The summed E-state index contributed by atoms with van der Waals surface area (Å²) in [6.07, 6.45) is -1.77. The molecule has 24 heavy (non-hydrogen) atoms. The van der Waals surface area contributed by atoms with Crippen molar-refractivity contribution < 1.29 is 27.4 Å². The Kier molecular flexibility index (Phi) is 5.24. The van der Waals surface area contributed by atoms with Gasteiger partial charge < -0.3 is 14.2 Å². The van der Waals surface area contributed by atoms with Crippen LogP contribution in [0.2, 0.25) is 5.02 Å². The van der Waals surface area contributed by atoms with E-state index < -0.39 is 12.1 Å². The molecular formula is C16H19ClF3NO3. The quantitative estimate of drug-likeness (QED) is 0.811. The van der Waals surface area contributed by atoms with Gasteiger partial charge in [0.1, 0.15) is 5.75 Å². The normalized spacial score (nSPS) is 25.8. The van der Waals surface area contributed by atoms with E-state index in [1.165, 1.54) is 12.1 Å². The molecule has 3 rings (SSSR count). The molecule has 1 unspecified atom stereocenters. The number of halogens is 4. The molecule has 8 heteroatoms. The summed E-state index contributed by atoms with van der Waals surface area (Å²) in [4.78, 5) is 2.17. The molecule has 2 heterocycles. The third-order valence-corrected chi connectivity index (χ3v) is 4.48. The van der Waals surface area contributed by atoms with Gasteiger partial charge in [-0.3, -0.25) is 4.90 Å². The van der Waals surface area contributed by atoms with E-state index in [-0.39, 0.29) is 10.8 Å². The number of rotatable bonds is 3. The molecule has 2 fully saturated rings. The van der Waals surface area contributed by atoms with Crippen molar-refractivity contribution in [1.29, 1.82) is 0 Å². The Bertz CT molecular complexity index is 571. The summed E-state index contributed by atoms with van der Waals surface area (Å²) in [6.45, 7) is 3.22. The van der Waals surface area contributed by atoms with Crippen LogP contribution in [0.5, 0.6) is 5.75 Å². The van der Waals surface area contributed by atoms with Gasteiger partial charge in [0, 0.05) is 19.5 Å². The van der Waals surface area contributed by atoms with E-state index in [0.29, 0.717) is 26.3 Å².